The van der Waals surface area contributed by atoms with E-state index >= 15 is 0 Å². The third-order valence-corrected chi connectivity index (χ3v) is 4.56. The van der Waals surface area contributed by atoms with Gasteiger partial charge in [0.25, 0.3) is 10.2 Å². The van der Waals surface area contributed by atoms with E-state index in [2.05, 4.69) is 4.72 Å². The van der Waals surface area contributed by atoms with Gasteiger partial charge in [-0.3, -0.25) is 0 Å². The van der Waals surface area contributed by atoms with Crippen molar-refractivity contribution in [3.05, 3.63) is 29.8 Å². The van der Waals surface area contributed by atoms with Crippen LogP contribution < -0.4 is 9.46 Å². The van der Waals surface area contributed by atoms with Crippen molar-refractivity contribution in [2.45, 2.75) is 25.9 Å². The molecule has 0 radical (unpaired) electrons. The zero-order valence-electron chi connectivity index (χ0n) is 12.0. The highest BCUT2D eigenvalue weighted by Gasteiger charge is 2.21. The first kappa shape index (κ1) is 16.9. The molecule has 0 bridgehead atoms. The molecule has 114 valence electrons. The molecule has 0 spiro atoms. The molecule has 0 aliphatic carbocycles. The molecule has 1 atom stereocenters. The highest BCUT2D eigenvalue weighted by molar-refractivity contribution is 7.87. The summed E-state index contributed by atoms with van der Waals surface area (Å²) in [5.74, 6) is 0.683. The molecule has 20 heavy (non-hydrogen) atoms. The van der Waals surface area contributed by atoms with E-state index in [9.17, 15) is 8.42 Å². The molecule has 1 rings (SSSR count). The Morgan fingerprint density at radius 1 is 1.45 bits per heavy atom. The van der Waals surface area contributed by atoms with Crippen molar-refractivity contribution in [1.29, 1.82) is 0 Å². The standard InChI is InChI=1S/C13H22N2O4S/c1-4-12(10-16)14-20(17,18)15(2)9-11-6-5-7-13(8-11)19-3/h5-8,12,14,16H,4,9-10H2,1-3H3/t12-/m0/s1. The highest BCUT2D eigenvalue weighted by Crippen LogP contribution is 2.14. The van der Waals surface area contributed by atoms with Gasteiger partial charge in [-0.2, -0.15) is 17.4 Å². The molecule has 0 aliphatic rings. The summed E-state index contributed by atoms with van der Waals surface area (Å²) in [7, 11) is -0.563. The van der Waals surface area contributed by atoms with Gasteiger partial charge in [0, 0.05) is 19.6 Å². The summed E-state index contributed by atoms with van der Waals surface area (Å²) in [5, 5.41) is 9.07. The monoisotopic (exact) mass is 302 g/mol. The lowest BCUT2D eigenvalue weighted by atomic mass is 10.2. The Labute approximate surface area is 120 Å². The Bertz CT molecular complexity index is 515. The molecular weight excluding hydrogens is 280 g/mol. The molecule has 2 N–H and O–H groups in total. The fourth-order valence-electron chi connectivity index (χ4n) is 1.66. The SMILES string of the molecule is CC[C@@H](CO)NS(=O)(=O)N(C)Cc1cccc(OC)c1. The molecule has 1 aromatic carbocycles. The number of ether oxygens (including phenoxy) is 1. The lowest BCUT2D eigenvalue weighted by molar-refractivity contribution is 0.251. The quantitative estimate of drug-likeness (QED) is 0.742. The second-order valence-electron chi connectivity index (χ2n) is 4.52. The maximum atomic E-state index is 12.1. The van der Waals surface area contributed by atoms with Crippen molar-refractivity contribution in [1.82, 2.24) is 9.03 Å². The van der Waals surface area contributed by atoms with Gasteiger partial charge in [-0.05, 0) is 24.1 Å². The van der Waals surface area contributed by atoms with Crippen LogP contribution in [0.5, 0.6) is 5.75 Å². The van der Waals surface area contributed by atoms with Gasteiger partial charge in [-0.1, -0.05) is 19.1 Å². The minimum absolute atomic E-state index is 0.220. The summed E-state index contributed by atoms with van der Waals surface area (Å²) in [6, 6.07) is 6.76. The van der Waals surface area contributed by atoms with Gasteiger partial charge in [0.05, 0.1) is 13.7 Å². The van der Waals surface area contributed by atoms with Crippen LogP contribution in [0.15, 0.2) is 24.3 Å². The molecule has 0 aromatic heterocycles. The van der Waals surface area contributed by atoms with Crippen LogP contribution in [0.4, 0.5) is 0 Å². The first-order valence-electron chi connectivity index (χ1n) is 6.40. The fourth-order valence-corrected chi connectivity index (χ4v) is 2.82. The van der Waals surface area contributed by atoms with Crippen molar-refractivity contribution in [2.24, 2.45) is 0 Å². The molecule has 6 nitrogen and oxygen atoms in total. The smallest absolute Gasteiger partial charge is 0.279 e. The summed E-state index contributed by atoms with van der Waals surface area (Å²) >= 11 is 0. The first-order chi connectivity index (χ1) is 9.42. The fraction of sp³-hybridized carbons (Fsp3) is 0.538. The van der Waals surface area contributed by atoms with Crippen molar-refractivity contribution < 1.29 is 18.3 Å². The van der Waals surface area contributed by atoms with Gasteiger partial charge in [0.1, 0.15) is 5.75 Å². The molecule has 0 heterocycles. The van der Waals surface area contributed by atoms with Gasteiger partial charge in [-0.15, -0.1) is 0 Å². The zero-order valence-corrected chi connectivity index (χ0v) is 12.9. The number of methoxy groups -OCH3 is 1. The van der Waals surface area contributed by atoms with Gasteiger partial charge >= 0.3 is 0 Å². The number of nitrogens with one attached hydrogen (secondary N) is 1. The van der Waals surface area contributed by atoms with E-state index in [4.69, 9.17) is 9.84 Å². The molecule has 0 saturated carbocycles. The van der Waals surface area contributed by atoms with E-state index in [0.717, 1.165) is 5.56 Å². The molecule has 0 aliphatic heterocycles. The predicted molar refractivity (Wildman–Crippen MR) is 77.7 cm³/mol. The Kier molecular flexibility index (Phi) is 6.41. The molecule has 0 saturated heterocycles. The molecule has 0 fully saturated rings. The van der Waals surface area contributed by atoms with Crippen LogP contribution in [0.1, 0.15) is 18.9 Å². The summed E-state index contributed by atoms with van der Waals surface area (Å²) < 4.78 is 33.0. The topological polar surface area (TPSA) is 78.9 Å². The maximum absolute atomic E-state index is 12.1. The molecular formula is C13H22N2O4S. The zero-order chi connectivity index (χ0) is 15.2. The van der Waals surface area contributed by atoms with Crippen LogP contribution in [-0.4, -0.2) is 44.6 Å². The van der Waals surface area contributed by atoms with E-state index in [-0.39, 0.29) is 13.2 Å². The van der Waals surface area contributed by atoms with Crippen molar-refractivity contribution in [3.8, 4) is 5.75 Å². The number of hydrogen-bond donors (Lipinski definition) is 2. The van der Waals surface area contributed by atoms with E-state index < -0.39 is 16.3 Å². The number of aliphatic hydroxyl groups excluding tert-OH is 1. The van der Waals surface area contributed by atoms with Gasteiger partial charge < -0.3 is 9.84 Å². The normalized spacial score (nSPS) is 13.4. The van der Waals surface area contributed by atoms with Crippen LogP contribution in [0, 0.1) is 0 Å². The van der Waals surface area contributed by atoms with E-state index in [1.165, 1.54) is 11.4 Å². The van der Waals surface area contributed by atoms with Crippen LogP contribution >= 0.6 is 0 Å². The molecule has 0 amide bonds. The lowest BCUT2D eigenvalue weighted by Crippen LogP contribution is -2.44. The van der Waals surface area contributed by atoms with Crippen LogP contribution in [0.3, 0.4) is 0 Å². The highest BCUT2D eigenvalue weighted by atomic mass is 32.2. The second kappa shape index (κ2) is 7.58. The van der Waals surface area contributed by atoms with E-state index in [0.29, 0.717) is 12.2 Å². The third kappa shape index (κ3) is 4.75. The molecule has 0 unspecified atom stereocenters. The summed E-state index contributed by atoms with van der Waals surface area (Å²) in [4.78, 5) is 0. The van der Waals surface area contributed by atoms with Gasteiger partial charge in [-0.25, -0.2) is 0 Å². The number of rotatable bonds is 8. The average molecular weight is 302 g/mol. The Hall–Kier alpha value is -1.15. The summed E-state index contributed by atoms with van der Waals surface area (Å²) in [6.07, 6.45) is 0.530. The van der Waals surface area contributed by atoms with Crippen molar-refractivity contribution in [3.63, 3.8) is 0 Å². The number of hydrogen-bond acceptors (Lipinski definition) is 4. The summed E-state index contributed by atoms with van der Waals surface area (Å²) in [6.45, 7) is 1.82. The first-order valence-corrected chi connectivity index (χ1v) is 7.84. The largest absolute Gasteiger partial charge is 0.497 e. The van der Waals surface area contributed by atoms with Gasteiger partial charge in [0.2, 0.25) is 0 Å². The Morgan fingerprint density at radius 2 is 2.15 bits per heavy atom. The predicted octanol–water partition coefficient (Wildman–Crippen LogP) is 0.732. The second-order valence-corrected chi connectivity index (χ2v) is 6.33. The summed E-state index contributed by atoms with van der Waals surface area (Å²) in [5.41, 5.74) is 0.828. The minimum Gasteiger partial charge on any atom is -0.497 e. The van der Waals surface area contributed by atoms with Crippen molar-refractivity contribution >= 4 is 10.2 Å². The van der Waals surface area contributed by atoms with E-state index in [1.807, 2.05) is 19.1 Å². The lowest BCUT2D eigenvalue weighted by Gasteiger charge is -2.21. The van der Waals surface area contributed by atoms with Crippen LogP contribution in [0.2, 0.25) is 0 Å². The molecule has 1 aromatic rings. The van der Waals surface area contributed by atoms with Crippen LogP contribution in [-0.2, 0) is 16.8 Å². The number of benzene rings is 1. The third-order valence-electron chi connectivity index (χ3n) is 2.98. The Balaban J connectivity index is 2.75. The Morgan fingerprint density at radius 3 is 2.70 bits per heavy atom. The number of aliphatic hydroxyl groups is 1. The van der Waals surface area contributed by atoms with Crippen molar-refractivity contribution in [2.75, 3.05) is 20.8 Å². The minimum atomic E-state index is -3.62. The number of nitrogens with zero attached hydrogens (tertiary/aromatic N) is 1. The van der Waals surface area contributed by atoms with Gasteiger partial charge in [0.15, 0.2) is 0 Å². The van der Waals surface area contributed by atoms with Crippen LogP contribution in [0.25, 0.3) is 0 Å². The molecule has 7 heteroatoms. The average Bonchev–Trinajstić information content (AvgIpc) is 2.44. The van der Waals surface area contributed by atoms with E-state index in [1.54, 1.807) is 19.2 Å². The maximum Gasteiger partial charge on any atom is 0.279 e.